The summed E-state index contributed by atoms with van der Waals surface area (Å²) in [7, 11) is 0. The number of fused-ring (bicyclic) bond motifs is 1. The Morgan fingerprint density at radius 1 is 0.839 bits per heavy atom. The van der Waals surface area contributed by atoms with E-state index in [4.69, 9.17) is 9.97 Å². The normalized spacial score (nSPS) is 12.4. The van der Waals surface area contributed by atoms with E-state index in [-0.39, 0.29) is 0 Å². The van der Waals surface area contributed by atoms with Gasteiger partial charge in [0.2, 0.25) is 0 Å². The minimum Gasteiger partial charge on any atom is -0.325 e. The van der Waals surface area contributed by atoms with Gasteiger partial charge in [0.25, 0.3) is 0 Å². The van der Waals surface area contributed by atoms with Crippen LogP contribution in [0.3, 0.4) is 0 Å². The van der Waals surface area contributed by atoms with Gasteiger partial charge in [-0.15, -0.1) is 0 Å². The van der Waals surface area contributed by atoms with Crippen LogP contribution in [-0.4, -0.2) is 39.2 Å². The van der Waals surface area contributed by atoms with Gasteiger partial charge in [-0.2, -0.15) is 0 Å². The van der Waals surface area contributed by atoms with Crippen LogP contribution in [0.4, 0.5) is 11.5 Å². The molecular formula is C25H22N6. The van der Waals surface area contributed by atoms with Crippen molar-refractivity contribution in [3.05, 3.63) is 96.2 Å². The quantitative estimate of drug-likeness (QED) is 0.478. The van der Waals surface area contributed by atoms with E-state index in [0.29, 0.717) is 5.82 Å². The molecule has 0 radical (unpaired) electrons. The highest BCUT2D eigenvalue weighted by molar-refractivity contribution is 5.91. The molecule has 0 amide bonds. The van der Waals surface area contributed by atoms with Crippen molar-refractivity contribution >= 4 is 17.7 Å². The minimum atomic E-state index is 0.713. The predicted octanol–water partition coefficient (Wildman–Crippen LogP) is 4.29. The molecule has 0 unspecified atom stereocenters. The standard InChI is InChI=1S/C25H22N6/c1-2-7-21(8-3-1)31(17-12-20-6-4-5-13-28-20)25-22-18-27-16-11-23(22)29-24(30-25)19-9-14-26-15-10-19/h1-10,13-15,18H,11-12,16-17H2. The van der Waals surface area contributed by atoms with Gasteiger partial charge in [-0.05, 0) is 36.4 Å². The van der Waals surface area contributed by atoms with Crippen LogP contribution in [0.25, 0.3) is 11.4 Å². The molecular weight excluding hydrogens is 384 g/mol. The summed E-state index contributed by atoms with van der Waals surface area (Å²) in [5.74, 6) is 1.59. The van der Waals surface area contributed by atoms with Crippen LogP contribution >= 0.6 is 0 Å². The zero-order valence-electron chi connectivity index (χ0n) is 17.1. The highest BCUT2D eigenvalue weighted by Crippen LogP contribution is 2.31. The molecule has 0 aliphatic carbocycles. The van der Waals surface area contributed by atoms with Crippen molar-refractivity contribution in [3.63, 3.8) is 0 Å². The molecule has 0 bridgehead atoms. The van der Waals surface area contributed by atoms with Crippen LogP contribution in [0.5, 0.6) is 0 Å². The molecule has 5 rings (SSSR count). The van der Waals surface area contributed by atoms with Crippen LogP contribution in [-0.2, 0) is 12.8 Å². The summed E-state index contributed by atoms with van der Waals surface area (Å²) in [6.45, 7) is 1.49. The number of hydrogen-bond acceptors (Lipinski definition) is 6. The summed E-state index contributed by atoms with van der Waals surface area (Å²) in [6, 6.07) is 20.3. The second-order valence-corrected chi connectivity index (χ2v) is 7.31. The molecule has 0 saturated heterocycles. The highest BCUT2D eigenvalue weighted by atomic mass is 15.2. The molecule has 4 heterocycles. The first kappa shape index (κ1) is 19.1. The number of anilines is 2. The van der Waals surface area contributed by atoms with Crippen LogP contribution < -0.4 is 4.90 Å². The lowest BCUT2D eigenvalue weighted by atomic mass is 10.1. The number of hydrogen-bond donors (Lipinski definition) is 0. The van der Waals surface area contributed by atoms with Gasteiger partial charge >= 0.3 is 0 Å². The van der Waals surface area contributed by atoms with Crippen molar-refractivity contribution in [3.8, 4) is 11.4 Å². The third-order valence-corrected chi connectivity index (χ3v) is 5.28. The fourth-order valence-corrected chi connectivity index (χ4v) is 3.73. The first-order chi connectivity index (χ1) is 15.4. The first-order valence-electron chi connectivity index (χ1n) is 10.4. The Hall–Kier alpha value is -3.93. The lowest BCUT2D eigenvalue weighted by Gasteiger charge is -2.27. The van der Waals surface area contributed by atoms with Crippen LogP contribution in [0.15, 0.2) is 84.2 Å². The van der Waals surface area contributed by atoms with Crippen LogP contribution in [0.2, 0.25) is 0 Å². The molecule has 152 valence electrons. The lowest BCUT2D eigenvalue weighted by Crippen LogP contribution is -2.25. The topological polar surface area (TPSA) is 67.2 Å². The third-order valence-electron chi connectivity index (χ3n) is 5.28. The van der Waals surface area contributed by atoms with Gasteiger partial charge in [-0.25, -0.2) is 9.97 Å². The number of rotatable bonds is 6. The van der Waals surface area contributed by atoms with E-state index in [1.165, 1.54) is 0 Å². The van der Waals surface area contributed by atoms with E-state index in [1.54, 1.807) is 12.4 Å². The van der Waals surface area contributed by atoms with E-state index in [2.05, 4.69) is 50.2 Å². The molecule has 0 atom stereocenters. The maximum Gasteiger partial charge on any atom is 0.161 e. The molecule has 3 aromatic heterocycles. The fourth-order valence-electron chi connectivity index (χ4n) is 3.73. The Balaban J connectivity index is 1.61. The lowest BCUT2D eigenvalue weighted by molar-refractivity contribution is 0.847. The van der Waals surface area contributed by atoms with E-state index >= 15 is 0 Å². The summed E-state index contributed by atoms with van der Waals surface area (Å²) in [6.07, 6.45) is 8.91. The van der Waals surface area contributed by atoms with Crippen LogP contribution in [0, 0.1) is 0 Å². The molecule has 6 nitrogen and oxygen atoms in total. The molecule has 1 aliphatic rings. The molecule has 0 saturated carbocycles. The average Bonchev–Trinajstić information content (AvgIpc) is 2.86. The zero-order chi connectivity index (χ0) is 20.9. The Labute approximate surface area is 181 Å². The third kappa shape index (κ3) is 4.19. The van der Waals surface area contributed by atoms with E-state index in [1.807, 2.05) is 42.7 Å². The van der Waals surface area contributed by atoms with E-state index < -0.39 is 0 Å². The highest BCUT2D eigenvalue weighted by Gasteiger charge is 2.22. The van der Waals surface area contributed by atoms with Crippen molar-refractivity contribution in [2.45, 2.75) is 12.8 Å². The van der Waals surface area contributed by atoms with Crippen molar-refractivity contribution in [2.24, 2.45) is 4.99 Å². The molecule has 4 aromatic rings. The number of nitrogens with zero attached hydrogens (tertiary/aromatic N) is 6. The van der Waals surface area contributed by atoms with Gasteiger partial charge in [-0.3, -0.25) is 15.0 Å². The zero-order valence-corrected chi connectivity index (χ0v) is 17.1. The molecule has 6 heteroatoms. The Kier molecular flexibility index (Phi) is 5.43. The molecule has 1 aromatic carbocycles. The van der Waals surface area contributed by atoms with Crippen molar-refractivity contribution in [1.82, 2.24) is 19.9 Å². The van der Waals surface area contributed by atoms with Crippen molar-refractivity contribution in [1.29, 1.82) is 0 Å². The minimum absolute atomic E-state index is 0.713. The number of aliphatic imine (C=N–C) groups is 1. The van der Waals surface area contributed by atoms with E-state index in [9.17, 15) is 0 Å². The SMILES string of the molecule is C1=NCCc2nc(-c3ccncc3)nc(N(CCc3ccccn3)c3ccccc3)c21. The maximum atomic E-state index is 5.02. The Morgan fingerprint density at radius 2 is 1.68 bits per heavy atom. The fraction of sp³-hybridized carbons (Fsp3) is 0.160. The maximum absolute atomic E-state index is 5.02. The van der Waals surface area contributed by atoms with Gasteiger partial charge in [0, 0.05) is 67.7 Å². The van der Waals surface area contributed by atoms with Gasteiger partial charge < -0.3 is 4.90 Å². The summed E-state index contributed by atoms with van der Waals surface area (Å²) in [4.78, 5) is 25.3. The molecule has 0 fully saturated rings. The monoisotopic (exact) mass is 406 g/mol. The van der Waals surface area contributed by atoms with E-state index in [0.717, 1.165) is 60.0 Å². The van der Waals surface area contributed by atoms with Gasteiger partial charge in [0.15, 0.2) is 5.82 Å². The van der Waals surface area contributed by atoms with Crippen molar-refractivity contribution < 1.29 is 0 Å². The number of para-hydroxylation sites is 1. The Bertz CT molecular complexity index is 1180. The summed E-state index contributed by atoms with van der Waals surface area (Å²) >= 11 is 0. The second-order valence-electron chi connectivity index (χ2n) is 7.31. The first-order valence-corrected chi connectivity index (χ1v) is 10.4. The predicted molar refractivity (Wildman–Crippen MR) is 123 cm³/mol. The van der Waals surface area contributed by atoms with Crippen LogP contribution in [0.1, 0.15) is 17.0 Å². The Morgan fingerprint density at radius 3 is 2.48 bits per heavy atom. The number of pyridine rings is 2. The molecule has 0 spiro atoms. The van der Waals surface area contributed by atoms with Crippen molar-refractivity contribution in [2.75, 3.05) is 18.0 Å². The van der Waals surface area contributed by atoms with Gasteiger partial charge in [0.1, 0.15) is 5.82 Å². The van der Waals surface area contributed by atoms with Gasteiger partial charge in [0.05, 0.1) is 11.3 Å². The second kappa shape index (κ2) is 8.83. The smallest absolute Gasteiger partial charge is 0.161 e. The summed E-state index contributed by atoms with van der Waals surface area (Å²) in [5.41, 5.74) is 5.12. The number of benzene rings is 1. The largest absolute Gasteiger partial charge is 0.325 e. The summed E-state index contributed by atoms with van der Waals surface area (Å²) in [5, 5.41) is 0. The van der Waals surface area contributed by atoms with Gasteiger partial charge in [-0.1, -0.05) is 24.3 Å². The average molecular weight is 406 g/mol. The summed E-state index contributed by atoms with van der Waals surface area (Å²) < 4.78 is 0. The molecule has 1 aliphatic heterocycles. The molecule has 0 N–H and O–H groups in total. The number of aromatic nitrogens is 4. The molecule has 31 heavy (non-hydrogen) atoms.